The molecular formula is C16H24ClN. The summed E-state index contributed by atoms with van der Waals surface area (Å²) in [4.78, 5) is 0. The van der Waals surface area contributed by atoms with Crippen LogP contribution in [0.5, 0.6) is 0 Å². The predicted octanol–water partition coefficient (Wildman–Crippen LogP) is 4.58. The zero-order valence-electron chi connectivity index (χ0n) is 12.2. The second-order valence-electron chi connectivity index (χ2n) is 6.40. The van der Waals surface area contributed by atoms with Crippen molar-refractivity contribution in [1.29, 1.82) is 0 Å². The number of hydrogen-bond acceptors (Lipinski definition) is 1. The fourth-order valence-electron chi connectivity index (χ4n) is 3.22. The van der Waals surface area contributed by atoms with Gasteiger partial charge in [-0.3, -0.25) is 0 Å². The molecule has 1 nitrogen and oxygen atoms in total. The number of nitrogens with one attached hydrogen (secondary N) is 1. The zero-order valence-corrected chi connectivity index (χ0v) is 12.9. The summed E-state index contributed by atoms with van der Waals surface area (Å²) in [6.07, 6.45) is 3.60. The molecule has 1 aliphatic rings. The van der Waals surface area contributed by atoms with Gasteiger partial charge in [0.05, 0.1) is 0 Å². The monoisotopic (exact) mass is 265 g/mol. The number of halogens is 1. The highest BCUT2D eigenvalue weighted by atomic mass is 35.5. The van der Waals surface area contributed by atoms with Gasteiger partial charge < -0.3 is 5.32 Å². The highest BCUT2D eigenvalue weighted by molar-refractivity contribution is 6.31. The minimum Gasteiger partial charge on any atom is -0.313 e. The lowest BCUT2D eigenvalue weighted by atomic mass is 9.82. The first-order chi connectivity index (χ1) is 8.35. The summed E-state index contributed by atoms with van der Waals surface area (Å²) in [6, 6.07) is 2.55. The van der Waals surface area contributed by atoms with E-state index in [1.54, 1.807) is 0 Å². The van der Waals surface area contributed by atoms with Gasteiger partial charge in [0, 0.05) is 11.1 Å². The fraction of sp³-hybridized carbons (Fsp3) is 0.625. The average Bonchev–Trinajstić information content (AvgIpc) is 2.42. The first-order valence-electron chi connectivity index (χ1n) is 6.81. The molecule has 0 amide bonds. The normalized spacial score (nSPS) is 22.4. The first kappa shape index (κ1) is 13.9. The van der Waals surface area contributed by atoms with Gasteiger partial charge in [-0.15, -0.1) is 0 Å². The molecule has 1 aromatic carbocycles. The lowest BCUT2D eigenvalue weighted by molar-refractivity contribution is 0.279. The molecule has 0 heterocycles. The third kappa shape index (κ3) is 2.44. The van der Waals surface area contributed by atoms with Crippen LogP contribution >= 0.6 is 11.6 Å². The molecule has 1 N–H and O–H groups in total. The minimum absolute atomic E-state index is 0.387. The molecule has 0 saturated heterocycles. The highest BCUT2D eigenvalue weighted by Crippen LogP contribution is 2.42. The van der Waals surface area contributed by atoms with Gasteiger partial charge in [-0.25, -0.2) is 0 Å². The average molecular weight is 266 g/mol. The van der Waals surface area contributed by atoms with Gasteiger partial charge in [-0.1, -0.05) is 25.4 Å². The van der Waals surface area contributed by atoms with E-state index in [9.17, 15) is 0 Å². The van der Waals surface area contributed by atoms with E-state index >= 15 is 0 Å². The Hall–Kier alpha value is -0.530. The Labute approximate surface area is 116 Å². The lowest BCUT2D eigenvalue weighted by Crippen LogP contribution is -2.23. The summed E-state index contributed by atoms with van der Waals surface area (Å²) in [5.41, 5.74) is 5.96. The maximum absolute atomic E-state index is 6.37. The van der Waals surface area contributed by atoms with Gasteiger partial charge >= 0.3 is 0 Å². The van der Waals surface area contributed by atoms with Gasteiger partial charge in [-0.05, 0) is 73.9 Å². The summed E-state index contributed by atoms with van der Waals surface area (Å²) in [7, 11) is 2.06. The smallest absolute Gasteiger partial charge is 0.0441 e. The first-order valence-corrected chi connectivity index (χ1v) is 7.19. The Kier molecular flexibility index (Phi) is 3.75. The SMILES string of the molecule is CNC1CC(C)(C)CCc2c(C)cc(Cl)c(C)c21. The molecule has 18 heavy (non-hydrogen) atoms. The fourth-order valence-corrected chi connectivity index (χ4v) is 3.49. The maximum atomic E-state index is 6.37. The van der Waals surface area contributed by atoms with Gasteiger partial charge in [0.25, 0.3) is 0 Å². The quantitative estimate of drug-likeness (QED) is 0.733. The molecule has 1 aromatic rings. The summed E-state index contributed by atoms with van der Waals surface area (Å²) < 4.78 is 0. The molecule has 2 heteroatoms. The Bertz CT molecular complexity index is 463. The molecule has 100 valence electrons. The van der Waals surface area contributed by atoms with Crippen LogP contribution in [-0.2, 0) is 6.42 Å². The molecule has 1 aliphatic carbocycles. The molecule has 1 atom stereocenters. The van der Waals surface area contributed by atoms with Crippen LogP contribution in [0.15, 0.2) is 6.07 Å². The van der Waals surface area contributed by atoms with E-state index < -0.39 is 0 Å². The highest BCUT2D eigenvalue weighted by Gasteiger charge is 2.31. The second-order valence-corrected chi connectivity index (χ2v) is 6.81. The molecule has 0 bridgehead atoms. The molecular weight excluding hydrogens is 242 g/mol. The summed E-state index contributed by atoms with van der Waals surface area (Å²) in [5, 5.41) is 4.40. The van der Waals surface area contributed by atoms with Crippen molar-refractivity contribution in [3.8, 4) is 0 Å². The number of hydrogen-bond donors (Lipinski definition) is 1. The van der Waals surface area contributed by atoms with Crippen LogP contribution in [0.25, 0.3) is 0 Å². The van der Waals surface area contributed by atoms with Gasteiger partial charge in [0.15, 0.2) is 0 Å². The lowest BCUT2D eigenvalue weighted by Gasteiger charge is -2.27. The second kappa shape index (κ2) is 4.86. The number of aryl methyl sites for hydroxylation is 1. The van der Waals surface area contributed by atoms with E-state index in [0.717, 1.165) is 5.02 Å². The topological polar surface area (TPSA) is 12.0 Å². The molecule has 2 rings (SSSR count). The van der Waals surface area contributed by atoms with Crippen LogP contribution < -0.4 is 5.32 Å². The molecule has 0 aromatic heterocycles. The predicted molar refractivity (Wildman–Crippen MR) is 79.4 cm³/mol. The molecule has 1 unspecified atom stereocenters. The maximum Gasteiger partial charge on any atom is 0.0441 e. The van der Waals surface area contributed by atoms with Crippen LogP contribution in [-0.4, -0.2) is 7.05 Å². The largest absolute Gasteiger partial charge is 0.313 e. The van der Waals surface area contributed by atoms with E-state index in [4.69, 9.17) is 11.6 Å². The van der Waals surface area contributed by atoms with Crippen LogP contribution in [0.3, 0.4) is 0 Å². The van der Waals surface area contributed by atoms with Crippen LogP contribution in [0.1, 0.15) is 55.0 Å². The van der Waals surface area contributed by atoms with E-state index in [1.165, 1.54) is 41.5 Å². The van der Waals surface area contributed by atoms with Crippen molar-refractivity contribution in [2.45, 2.75) is 53.0 Å². The van der Waals surface area contributed by atoms with Crippen LogP contribution in [0, 0.1) is 19.3 Å². The number of benzene rings is 1. The standard InChI is InChI=1S/C16H24ClN/c1-10-8-13(17)11(2)15-12(10)6-7-16(3,4)9-14(15)18-5/h8,14,18H,6-7,9H2,1-5H3. The zero-order chi connectivity index (χ0) is 13.5. The van der Waals surface area contributed by atoms with Gasteiger partial charge in [0.1, 0.15) is 0 Å². The van der Waals surface area contributed by atoms with E-state index in [1.807, 2.05) is 0 Å². The summed E-state index contributed by atoms with van der Waals surface area (Å²) >= 11 is 6.37. The van der Waals surface area contributed by atoms with Crippen molar-refractivity contribution in [3.05, 3.63) is 33.3 Å². The molecule has 0 aliphatic heterocycles. The van der Waals surface area contributed by atoms with E-state index in [0.29, 0.717) is 11.5 Å². The Morgan fingerprint density at radius 2 is 2.00 bits per heavy atom. The van der Waals surface area contributed by atoms with Crippen molar-refractivity contribution in [2.75, 3.05) is 7.05 Å². The molecule has 0 radical (unpaired) electrons. The van der Waals surface area contributed by atoms with Crippen molar-refractivity contribution < 1.29 is 0 Å². The third-order valence-corrected chi connectivity index (χ3v) is 4.80. The third-order valence-electron chi connectivity index (χ3n) is 4.41. The van der Waals surface area contributed by atoms with E-state index in [-0.39, 0.29) is 0 Å². The van der Waals surface area contributed by atoms with Crippen molar-refractivity contribution in [3.63, 3.8) is 0 Å². The molecule has 0 spiro atoms. The minimum atomic E-state index is 0.387. The molecule has 0 saturated carbocycles. The Morgan fingerprint density at radius 1 is 1.33 bits per heavy atom. The van der Waals surface area contributed by atoms with Gasteiger partial charge in [0.2, 0.25) is 0 Å². The van der Waals surface area contributed by atoms with Crippen molar-refractivity contribution in [1.82, 2.24) is 5.32 Å². The number of rotatable bonds is 1. The van der Waals surface area contributed by atoms with Crippen molar-refractivity contribution >= 4 is 11.6 Å². The number of fused-ring (bicyclic) bond motifs is 1. The molecule has 0 fully saturated rings. The Morgan fingerprint density at radius 3 is 2.61 bits per heavy atom. The van der Waals surface area contributed by atoms with Crippen molar-refractivity contribution in [2.24, 2.45) is 5.41 Å². The summed E-state index contributed by atoms with van der Waals surface area (Å²) in [6.45, 7) is 9.09. The van der Waals surface area contributed by atoms with Crippen LogP contribution in [0.4, 0.5) is 0 Å². The van der Waals surface area contributed by atoms with E-state index in [2.05, 4.69) is 46.1 Å². The summed E-state index contributed by atoms with van der Waals surface area (Å²) in [5.74, 6) is 0. The van der Waals surface area contributed by atoms with Crippen LogP contribution in [0.2, 0.25) is 5.02 Å². The Balaban J connectivity index is 2.60. The van der Waals surface area contributed by atoms with Gasteiger partial charge in [-0.2, -0.15) is 0 Å².